The van der Waals surface area contributed by atoms with Crippen molar-refractivity contribution in [1.29, 1.82) is 0 Å². The van der Waals surface area contributed by atoms with Gasteiger partial charge < -0.3 is 25.0 Å². The number of likely N-dealkylation sites (tertiary alicyclic amines) is 1. The van der Waals surface area contributed by atoms with Crippen LogP contribution >= 0.6 is 22.9 Å². The summed E-state index contributed by atoms with van der Waals surface area (Å²) in [6.07, 6.45) is -0.0152. The molecule has 2 aromatic rings. The molecule has 11 nitrogen and oxygen atoms in total. The zero-order valence-corrected chi connectivity index (χ0v) is 23.1. The van der Waals surface area contributed by atoms with Gasteiger partial charge in [-0.15, -0.1) is 11.3 Å². The number of rotatable bonds is 9. The van der Waals surface area contributed by atoms with Crippen LogP contribution in [0.25, 0.3) is 0 Å². The number of nitrogens with one attached hydrogen (secondary N) is 2. The van der Waals surface area contributed by atoms with Crippen molar-refractivity contribution in [2.45, 2.75) is 36.8 Å². The third-order valence-corrected chi connectivity index (χ3v) is 9.15. The molecule has 2 atom stereocenters. The van der Waals surface area contributed by atoms with Crippen molar-refractivity contribution in [3.8, 4) is 0 Å². The van der Waals surface area contributed by atoms with Crippen molar-refractivity contribution in [1.82, 2.24) is 14.9 Å². The van der Waals surface area contributed by atoms with Crippen molar-refractivity contribution in [3.05, 3.63) is 45.1 Å². The first-order valence-corrected chi connectivity index (χ1v) is 14.8. The fourth-order valence-electron chi connectivity index (χ4n) is 4.50. The lowest BCUT2D eigenvalue weighted by Gasteiger charge is -2.30. The number of morpholine rings is 1. The maximum Gasteiger partial charge on any atom is 0.261 e. The second kappa shape index (κ2) is 12.1. The summed E-state index contributed by atoms with van der Waals surface area (Å²) in [7, 11) is -4.28. The van der Waals surface area contributed by atoms with E-state index in [0.29, 0.717) is 46.5 Å². The van der Waals surface area contributed by atoms with Crippen LogP contribution in [0.15, 0.2) is 35.2 Å². The minimum atomic E-state index is -4.28. The Hall–Kier alpha value is -2.55. The van der Waals surface area contributed by atoms with Crippen molar-refractivity contribution in [2.24, 2.45) is 0 Å². The second-order valence-electron chi connectivity index (χ2n) is 8.92. The summed E-state index contributed by atoms with van der Waals surface area (Å²) < 4.78 is 35.4. The second-order valence-corrected chi connectivity index (χ2v) is 12.3. The first-order chi connectivity index (χ1) is 18.1. The van der Waals surface area contributed by atoms with Crippen LogP contribution in [0, 0.1) is 0 Å². The SMILES string of the molecule is CCc1c(N2CCOCC2=O)cccc1S(=O)(=O)N[C@@H](CNC(=O)c1ccc(Cl)s1)C(=O)N1CC[C@H](O)C1. The Kier molecular flexibility index (Phi) is 9.06. The van der Waals surface area contributed by atoms with E-state index in [9.17, 15) is 27.9 Å². The van der Waals surface area contributed by atoms with E-state index in [2.05, 4.69) is 10.0 Å². The van der Waals surface area contributed by atoms with Crippen LogP contribution in [0.1, 0.15) is 28.6 Å². The Bertz CT molecular complexity index is 1320. The van der Waals surface area contributed by atoms with E-state index in [1.54, 1.807) is 25.1 Å². The first kappa shape index (κ1) is 28.5. The van der Waals surface area contributed by atoms with Crippen molar-refractivity contribution < 1.29 is 32.6 Å². The molecule has 0 spiro atoms. The zero-order valence-electron chi connectivity index (χ0n) is 20.7. The summed E-state index contributed by atoms with van der Waals surface area (Å²) in [6.45, 7) is 2.33. The number of hydrogen-bond acceptors (Lipinski definition) is 8. The van der Waals surface area contributed by atoms with Gasteiger partial charge in [0.1, 0.15) is 12.6 Å². The number of anilines is 1. The number of carbonyl (C=O) groups is 3. The molecule has 0 bridgehead atoms. The predicted molar refractivity (Wildman–Crippen MR) is 142 cm³/mol. The maximum absolute atomic E-state index is 13.7. The molecule has 3 N–H and O–H groups in total. The maximum atomic E-state index is 13.7. The highest BCUT2D eigenvalue weighted by atomic mass is 35.5. The topological polar surface area (TPSA) is 145 Å². The first-order valence-electron chi connectivity index (χ1n) is 12.1. The average Bonchev–Trinajstić information content (AvgIpc) is 3.54. The van der Waals surface area contributed by atoms with Crippen LogP contribution < -0.4 is 14.9 Å². The third kappa shape index (κ3) is 6.35. The molecule has 0 unspecified atom stereocenters. The number of aliphatic hydroxyl groups excluding tert-OH is 1. The summed E-state index contributed by atoms with van der Waals surface area (Å²) in [4.78, 5) is 41.5. The molecule has 2 saturated heterocycles. The summed E-state index contributed by atoms with van der Waals surface area (Å²) in [5.41, 5.74) is 0.896. The van der Waals surface area contributed by atoms with E-state index >= 15 is 0 Å². The van der Waals surface area contributed by atoms with Crippen molar-refractivity contribution in [2.75, 3.05) is 44.3 Å². The van der Waals surface area contributed by atoms with Gasteiger partial charge in [0.25, 0.3) is 11.8 Å². The van der Waals surface area contributed by atoms with Crippen molar-refractivity contribution in [3.63, 3.8) is 0 Å². The highest BCUT2D eigenvalue weighted by molar-refractivity contribution is 7.89. The molecule has 0 aliphatic carbocycles. The number of carbonyl (C=O) groups excluding carboxylic acids is 3. The Morgan fingerprint density at radius 1 is 1.26 bits per heavy atom. The Morgan fingerprint density at radius 2 is 2.05 bits per heavy atom. The Labute approximate surface area is 229 Å². The number of halogens is 1. The van der Waals surface area contributed by atoms with E-state index in [1.807, 2.05) is 0 Å². The quantitative estimate of drug-likeness (QED) is 0.398. The van der Waals surface area contributed by atoms with Gasteiger partial charge in [0, 0.05) is 31.9 Å². The molecule has 38 heavy (non-hydrogen) atoms. The van der Waals surface area contributed by atoms with Gasteiger partial charge in [0.2, 0.25) is 15.9 Å². The molecular formula is C24H29ClN4O7S2. The van der Waals surface area contributed by atoms with Gasteiger partial charge in [-0.05, 0) is 42.7 Å². The number of nitrogens with zero attached hydrogens (tertiary/aromatic N) is 2. The van der Waals surface area contributed by atoms with Gasteiger partial charge >= 0.3 is 0 Å². The smallest absolute Gasteiger partial charge is 0.261 e. The third-order valence-electron chi connectivity index (χ3n) is 6.36. The molecule has 2 fully saturated rings. The molecule has 2 aliphatic heterocycles. The number of hydrogen-bond donors (Lipinski definition) is 3. The molecule has 2 aliphatic rings. The van der Waals surface area contributed by atoms with E-state index in [1.165, 1.54) is 21.9 Å². The van der Waals surface area contributed by atoms with Gasteiger partial charge in [0.15, 0.2) is 0 Å². The molecule has 0 radical (unpaired) electrons. The molecule has 1 aromatic heterocycles. The number of sulfonamides is 1. The van der Waals surface area contributed by atoms with Crippen LogP contribution in [-0.2, 0) is 30.8 Å². The Balaban J connectivity index is 1.61. The molecular weight excluding hydrogens is 556 g/mol. The van der Waals surface area contributed by atoms with E-state index in [0.717, 1.165) is 11.3 Å². The molecule has 0 saturated carbocycles. The van der Waals surface area contributed by atoms with Crippen molar-refractivity contribution >= 4 is 56.4 Å². The van der Waals surface area contributed by atoms with Gasteiger partial charge in [-0.2, -0.15) is 4.72 Å². The molecule has 3 amide bonds. The van der Waals surface area contributed by atoms with E-state index in [4.69, 9.17) is 16.3 Å². The highest BCUT2D eigenvalue weighted by Gasteiger charge is 2.35. The zero-order chi connectivity index (χ0) is 27.4. The highest BCUT2D eigenvalue weighted by Crippen LogP contribution is 2.29. The Morgan fingerprint density at radius 3 is 2.68 bits per heavy atom. The lowest BCUT2D eigenvalue weighted by molar-refractivity contribution is -0.132. The lowest BCUT2D eigenvalue weighted by atomic mass is 10.1. The number of thiophene rings is 1. The fraction of sp³-hybridized carbons (Fsp3) is 0.458. The van der Waals surface area contributed by atoms with Gasteiger partial charge in [-0.1, -0.05) is 24.6 Å². The molecule has 1 aromatic carbocycles. The molecule has 3 heterocycles. The average molecular weight is 585 g/mol. The standard InChI is InChI=1S/C24H29ClN4O7S2/c1-2-16-18(29-10-11-36-14-22(29)31)4-3-5-20(16)38(34,35)27-17(24(33)28-9-8-15(30)13-28)12-26-23(32)19-6-7-21(25)37-19/h3-7,15,17,27,30H,2,8-14H2,1H3,(H,26,32)/t15-,17-/m0/s1. The number of benzene rings is 1. The van der Waals surface area contributed by atoms with E-state index in [-0.39, 0.29) is 37.0 Å². The monoisotopic (exact) mass is 584 g/mol. The van der Waals surface area contributed by atoms with Crippen LogP contribution in [0.2, 0.25) is 4.34 Å². The fourth-order valence-corrected chi connectivity index (χ4v) is 6.97. The summed E-state index contributed by atoms with van der Waals surface area (Å²) in [5.74, 6) is -1.33. The lowest BCUT2D eigenvalue weighted by Crippen LogP contribution is -2.53. The molecule has 14 heteroatoms. The number of β-amino-alcohol motifs (C(OH)–C–C–N with tert-alkyl or cyclic N) is 1. The van der Waals surface area contributed by atoms with Crippen LogP contribution in [0.5, 0.6) is 0 Å². The summed E-state index contributed by atoms with van der Waals surface area (Å²) >= 11 is 6.97. The van der Waals surface area contributed by atoms with Crippen LogP contribution in [-0.4, -0.2) is 87.7 Å². The summed E-state index contributed by atoms with van der Waals surface area (Å²) in [6, 6.07) is 6.41. The minimum Gasteiger partial charge on any atom is -0.391 e. The van der Waals surface area contributed by atoms with Crippen LogP contribution in [0.3, 0.4) is 0 Å². The number of amides is 3. The summed E-state index contributed by atoms with van der Waals surface area (Å²) in [5, 5.41) is 12.5. The van der Waals surface area contributed by atoms with Gasteiger partial charge in [-0.25, -0.2) is 8.42 Å². The number of aliphatic hydroxyl groups is 1. The van der Waals surface area contributed by atoms with Crippen LogP contribution in [0.4, 0.5) is 5.69 Å². The molecule has 206 valence electrons. The normalized spacial score (nSPS) is 19.0. The van der Waals surface area contributed by atoms with E-state index < -0.39 is 34.0 Å². The predicted octanol–water partition coefficient (Wildman–Crippen LogP) is 0.997. The number of ether oxygens (including phenoxy) is 1. The minimum absolute atomic E-state index is 0.0626. The van der Waals surface area contributed by atoms with Gasteiger partial charge in [0.05, 0.1) is 26.8 Å². The largest absolute Gasteiger partial charge is 0.391 e. The molecule has 4 rings (SSSR count). The van der Waals surface area contributed by atoms with Gasteiger partial charge in [-0.3, -0.25) is 14.4 Å².